The van der Waals surface area contributed by atoms with E-state index in [4.69, 9.17) is 46.4 Å². The number of fused-ring (bicyclic) bond motifs is 1. The first kappa shape index (κ1) is 17.4. The van der Waals surface area contributed by atoms with Crippen LogP contribution >= 0.6 is 46.4 Å². The molecule has 1 amide bonds. The third-order valence-corrected chi connectivity index (χ3v) is 4.48. The largest absolute Gasteiger partial charge is 0.464 e. The van der Waals surface area contributed by atoms with Gasteiger partial charge in [0.1, 0.15) is 4.33 Å². The number of rotatable bonds is 2. The van der Waals surface area contributed by atoms with Crippen molar-refractivity contribution in [2.24, 2.45) is 0 Å². The highest BCUT2D eigenvalue weighted by molar-refractivity contribution is 6.51. The second-order valence-corrected chi connectivity index (χ2v) is 7.58. The molecule has 0 spiro atoms. The van der Waals surface area contributed by atoms with Gasteiger partial charge < -0.3 is 5.11 Å². The molecule has 0 bridgehead atoms. The average Bonchev–Trinajstić information content (AvgIpc) is 2.47. The van der Waals surface area contributed by atoms with Gasteiger partial charge in [-0.05, 0) is 24.3 Å². The Labute approximate surface area is 157 Å². The maximum absolute atomic E-state index is 12.0. The SMILES string of the molecule is O=C(O)N(C1=CC(Cl)=CC(Cl)(Cl)C1)c1c(Cl)ccc2cccnc12. The quantitative estimate of drug-likeness (QED) is 0.629. The molecule has 124 valence electrons. The number of hydrogen-bond donors (Lipinski definition) is 1. The van der Waals surface area contributed by atoms with Crippen LogP contribution in [-0.2, 0) is 0 Å². The summed E-state index contributed by atoms with van der Waals surface area (Å²) in [5.41, 5.74) is 0.998. The molecule has 3 rings (SSSR count). The highest BCUT2D eigenvalue weighted by atomic mass is 35.5. The summed E-state index contributed by atoms with van der Waals surface area (Å²) in [4.78, 5) is 17.2. The van der Waals surface area contributed by atoms with Crippen LogP contribution < -0.4 is 4.90 Å². The van der Waals surface area contributed by atoms with Crippen LogP contribution in [0.5, 0.6) is 0 Å². The number of nitrogens with zero attached hydrogens (tertiary/aromatic N) is 2. The minimum absolute atomic E-state index is 0.0538. The number of anilines is 1. The molecule has 0 atom stereocenters. The summed E-state index contributed by atoms with van der Waals surface area (Å²) < 4.78 is -1.31. The number of aromatic nitrogens is 1. The van der Waals surface area contributed by atoms with Crippen molar-refractivity contribution in [1.29, 1.82) is 0 Å². The first-order chi connectivity index (χ1) is 11.3. The van der Waals surface area contributed by atoms with Crippen molar-refractivity contribution < 1.29 is 9.90 Å². The summed E-state index contributed by atoms with van der Waals surface area (Å²) in [6.45, 7) is 0. The molecule has 0 unspecified atom stereocenters. The Balaban J connectivity index is 2.23. The van der Waals surface area contributed by atoms with E-state index in [0.29, 0.717) is 11.2 Å². The van der Waals surface area contributed by atoms with Gasteiger partial charge in [0, 0.05) is 28.7 Å². The number of pyridine rings is 1. The topological polar surface area (TPSA) is 53.4 Å². The van der Waals surface area contributed by atoms with E-state index in [1.54, 1.807) is 24.4 Å². The van der Waals surface area contributed by atoms with Gasteiger partial charge in [-0.1, -0.05) is 58.5 Å². The number of carbonyl (C=O) groups is 1. The van der Waals surface area contributed by atoms with Gasteiger partial charge in [0.2, 0.25) is 0 Å². The zero-order valence-corrected chi connectivity index (χ0v) is 15.0. The summed E-state index contributed by atoms with van der Waals surface area (Å²) in [7, 11) is 0. The molecule has 1 aliphatic rings. The van der Waals surface area contributed by atoms with Crippen LogP contribution in [0.2, 0.25) is 5.02 Å². The summed E-state index contributed by atoms with van der Waals surface area (Å²) in [6.07, 6.45) is 3.33. The lowest BCUT2D eigenvalue weighted by Crippen LogP contribution is -2.33. The first-order valence-electron chi connectivity index (χ1n) is 6.81. The molecule has 24 heavy (non-hydrogen) atoms. The molecule has 0 radical (unpaired) electrons. The zero-order valence-electron chi connectivity index (χ0n) is 12.0. The van der Waals surface area contributed by atoms with Gasteiger partial charge in [-0.2, -0.15) is 0 Å². The second kappa shape index (κ2) is 6.45. The lowest BCUT2D eigenvalue weighted by atomic mass is 10.1. The molecule has 0 saturated heterocycles. The Kier molecular flexibility index (Phi) is 4.67. The molecule has 2 aromatic rings. The Bertz CT molecular complexity index is 893. The fraction of sp³-hybridized carbons (Fsp3) is 0.125. The molecule has 1 aliphatic carbocycles. The maximum Gasteiger partial charge on any atom is 0.416 e. The predicted molar refractivity (Wildman–Crippen MR) is 98.3 cm³/mol. The van der Waals surface area contributed by atoms with Gasteiger partial charge in [-0.3, -0.25) is 4.98 Å². The summed E-state index contributed by atoms with van der Waals surface area (Å²) >= 11 is 24.6. The Morgan fingerprint density at radius 2 is 2.00 bits per heavy atom. The third kappa shape index (κ3) is 3.33. The highest BCUT2D eigenvalue weighted by Crippen LogP contribution is 2.42. The van der Waals surface area contributed by atoms with Crippen molar-refractivity contribution in [3.05, 3.63) is 58.4 Å². The van der Waals surface area contributed by atoms with E-state index in [9.17, 15) is 9.90 Å². The Morgan fingerprint density at radius 1 is 1.25 bits per heavy atom. The van der Waals surface area contributed by atoms with E-state index in [-0.39, 0.29) is 22.2 Å². The number of carboxylic acid groups (broad SMARTS) is 1. The van der Waals surface area contributed by atoms with Crippen LogP contribution in [0.4, 0.5) is 10.5 Å². The number of allylic oxidation sites excluding steroid dienone is 4. The zero-order chi connectivity index (χ0) is 17.5. The lowest BCUT2D eigenvalue weighted by Gasteiger charge is -2.30. The van der Waals surface area contributed by atoms with Crippen molar-refractivity contribution in [2.75, 3.05) is 4.90 Å². The van der Waals surface area contributed by atoms with Gasteiger partial charge in [0.25, 0.3) is 0 Å². The Hall–Kier alpha value is -1.46. The number of benzene rings is 1. The second-order valence-electron chi connectivity index (χ2n) is 5.19. The maximum atomic E-state index is 12.0. The van der Waals surface area contributed by atoms with Gasteiger partial charge in [-0.15, -0.1) is 0 Å². The molecule has 1 aromatic carbocycles. The average molecular weight is 404 g/mol. The van der Waals surface area contributed by atoms with Gasteiger partial charge in [0.15, 0.2) is 0 Å². The molecular weight excluding hydrogens is 394 g/mol. The minimum atomic E-state index is -1.31. The van der Waals surface area contributed by atoms with Crippen LogP contribution in [0.3, 0.4) is 0 Å². The minimum Gasteiger partial charge on any atom is -0.464 e. The van der Waals surface area contributed by atoms with Crippen LogP contribution in [0.25, 0.3) is 10.9 Å². The smallest absolute Gasteiger partial charge is 0.416 e. The fourth-order valence-electron chi connectivity index (χ4n) is 2.57. The normalized spacial score (nSPS) is 16.5. The van der Waals surface area contributed by atoms with Crippen molar-refractivity contribution in [2.45, 2.75) is 10.8 Å². The number of halogens is 4. The summed E-state index contributed by atoms with van der Waals surface area (Å²) in [5, 5.41) is 11.0. The van der Waals surface area contributed by atoms with Gasteiger partial charge in [0.05, 0.1) is 16.2 Å². The van der Waals surface area contributed by atoms with Crippen LogP contribution in [0, 0.1) is 0 Å². The standard InChI is InChI=1S/C16H10Cl4N2O2/c17-10-6-11(8-16(19,20)7-10)22(15(23)24)14-12(18)4-3-9-2-1-5-21-13(9)14/h1-7H,8H2,(H,23,24). The first-order valence-corrected chi connectivity index (χ1v) is 8.33. The molecule has 0 saturated carbocycles. The van der Waals surface area contributed by atoms with Crippen molar-refractivity contribution in [1.82, 2.24) is 4.98 Å². The van der Waals surface area contributed by atoms with E-state index in [0.717, 1.165) is 10.3 Å². The molecular formula is C16H10Cl4N2O2. The fourth-order valence-corrected chi connectivity index (χ4v) is 3.74. The molecule has 0 aliphatic heterocycles. The molecule has 1 N–H and O–H groups in total. The Morgan fingerprint density at radius 3 is 2.67 bits per heavy atom. The number of amides is 1. The van der Waals surface area contributed by atoms with E-state index in [2.05, 4.69) is 4.98 Å². The molecule has 0 fully saturated rings. The van der Waals surface area contributed by atoms with Crippen molar-refractivity contribution in [3.63, 3.8) is 0 Å². The third-order valence-electron chi connectivity index (χ3n) is 3.47. The summed E-state index contributed by atoms with van der Waals surface area (Å²) in [5.74, 6) is 0. The van der Waals surface area contributed by atoms with Crippen LogP contribution in [0.1, 0.15) is 6.42 Å². The number of alkyl halides is 2. The number of hydrogen-bond acceptors (Lipinski definition) is 2. The van der Waals surface area contributed by atoms with Crippen LogP contribution in [-0.4, -0.2) is 20.5 Å². The van der Waals surface area contributed by atoms with E-state index in [1.165, 1.54) is 12.2 Å². The van der Waals surface area contributed by atoms with Gasteiger partial charge in [-0.25, -0.2) is 9.69 Å². The van der Waals surface area contributed by atoms with Crippen LogP contribution in [0.15, 0.2) is 53.3 Å². The molecule has 8 heteroatoms. The molecule has 1 aromatic heterocycles. The van der Waals surface area contributed by atoms with Crippen molar-refractivity contribution in [3.8, 4) is 0 Å². The van der Waals surface area contributed by atoms with E-state index < -0.39 is 10.4 Å². The summed E-state index contributed by atoms with van der Waals surface area (Å²) in [6, 6.07) is 6.96. The monoisotopic (exact) mass is 402 g/mol. The van der Waals surface area contributed by atoms with Gasteiger partial charge >= 0.3 is 6.09 Å². The molecule has 1 heterocycles. The highest BCUT2D eigenvalue weighted by Gasteiger charge is 2.33. The van der Waals surface area contributed by atoms with E-state index >= 15 is 0 Å². The van der Waals surface area contributed by atoms with E-state index in [1.807, 2.05) is 6.07 Å². The van der Waals surface area contributed by atoms with Crippen molar-refractivity contribution >= 4 is 69.1 Å². The molecule has 4 nitrogen and oxygen atoms in total. The lowest BCUT2D eigenvalue weighted by molar-refractivity contribution is 0.203. The predicted octanol–water partition coefficient (Wildman–Crippen LogP) is 5.96.